The summed E-state index contributed by atoms with van der Waals surface area (Å²) in [4.78, 5) is 11.5. The number of carbonyl (C=O) groups excluding carboxylic acids is 1. The Bertz CT molecular complexity index is 454. The number of nitrogens with two attached hydrogens (primary N) is 1. The molecule has 0 aliphatic carbocycles. The SMILES string of the molecule is NCCCCCCC(=O)Nc1c(F)c(F)cc(F)c1F. The summed E-state index contributed by atoms with van der Waals surface area (Å²) in [6.07, 6.45) is 2.95. The molecular weight excluding hydrogens is 276 g/mol. The van der Waals surface area contributed by atoms with Crippen LogP contribution in [0, 0.1) is 23.3 Å². The molecule has 0 radical (unpaired) electrons. The molecule has 0 aliphatic rings. The fraction of sp³-hybridized carbons (Fsp3) is 0.462. The van der Waals surface area contributed by atoms with Crippen molar-refractivity contribution in [2.75, 3.05) is 11.9 Å². The first-order chi connectivity index (χ1) is 9.47. The highest BCUT2D eigenvalue weighted by Crippen LogP contribution is 2.24. The number of anilines is 1. The quantitative estimate of drug-likeness (QED) is 0.461. The highest BCUT2D eigenvalue weighted by molar-refractivity contribution is 5.90. The smallest absolute Gasteiger partial charge is 0.224 e. The topological polar surface area (TPSA) is 55.1 Å². The predicted octanol–water partition coefficient (Wildman–Crippen LogP) is 3.09. The Hall–Kier alpha value is -1.63. The van der Waals surface area contributed by atoms with Crippen molar-refractivity contribution >= 4 is 11.6 Å². The van der Waals surface area contributed by atoms with E-state index in [9.17, 15) is 22.4 Å². The predicted molar refractivity (Wildman–Crippen MR) is 67.0 cm³/mol. The molecule has 0 aromatic heterocycles. The molecule has 112 valence electrons. The number of benzene rings is 1. The van der Waals surface area contributed by atoms with Crippen LogP contribution in [0.5, 0.6) is 0 Å². The summed E-state index contributed by atoms with van der Waals surface area (Å²) in [6.45, 7) is 0.561. The van der Waals surface area contributed by atoms with Gasteiger partial charge in [0.1, 0.15) is 5.69 Å². The summed E-state index contributed by atoms with van der Waals surface area (Å²) in [5, 5.41) is 1.86. The summed E-state index contributed by atoms with van der Waals surface area (Å²) >= 11 is 0. The second-order valence-electron chi connectivity index (χ2n) is 4.34. The van der Waals surface area contributed by atoms with E-state index in [0.717, 1.165) is 19.3 Å². The number of nitrogens with one attached hydrogen (secondary N) is 1. The van der Waals surface area contributed by atoms with E-state index < -0.39 is 34.9 Å². The van der Waals surface area contributed by atoms with Crippen LogP contribution < -0.4 is 11.1 Å². The van der Waals surface area contributed by atoms with Crippen LogP contribution in [0.3, 0.4) is 0 Å². The molecular formula is C13H16F4N2O. The van der Waals surface area contributed by atoms with Gasteiger partial charge >= 0.3 is 0 Å². The molecule has 20 heavy (non-hydrogen) atoms. The van der Waals surface area contributed by atoms with E-state index in [1.807, 2.05) is 5.32 Å². The van der Waals surface area contributed by atoms with Crippen molar-refractivity contribution in [3.8, 4) is 0 Å². The Morgan fingerprint density at radius 1 is 1.00 bits per heavy atom. The lowest BCUT2D eigenvalue weighted by Gasteiger charge is -2.08. The van der Waals surface area contributed by atoms with Gasteiger partial charge in [0.2, 0.25) is 5.91 Å². The number of amides is 1. The summed E-state index contributed by atoms with van der Waals surface area (Å²) in [7, 11) is 0. The molecule has 0 saturated carbocycles. The molecule has 0 unspecified atom stereocenters. The maximum Gasteiger partial charge on any atom is 0.224 e. The first-order valence-electron chi connectivity index (χ1n) is 6.30. The number of hydrogen-bond acceptors (Lipinski definition) is 2. The van der Waals surface area contributed by atoms with Crippen molar-refractivity contribution in [2.45, 2.75) is 32.1 Å². The number of unbranched alkanes of at least 4 members (excludes halogenated alkanes) is 3. The fourth-order valence-electron chi connectivity index (χ4n) is 1.67. The minimum absolute atomic E-state index is 0.0155. The highest BCUT2D eigenvalue weighted by atomic mass is 19.2. The minimum atomic E-state index is -1.61. The van der Waals surface area contributed by atoms with Crippen molar-refractivity contribution in [1.29, 1.82) is 0 Å². The zero-order valence-corrected chi connectivity index (χ0v) is 10.8. The van der Waals surface area contributed by atoms with Gasteiger partial charge < -0.3 is 11.1 Å². The van der Waals surface area contributed by atoms with Gasteiger partial charge in [0, 0.05) is 12.5 Å². The molecule has 1 amide bonds. The van der Waals surface area contributed by atoms with Crippen molar-refractivity contribution < 1.29 is 22.4 Å². The molecule has 1 aromatic rings. The van der Waals surface area contributed by atoms with Crippen molar-refractivity contribution in [3.63, 3.8) is 0 Å². The van der Waals surface area contributed by atoms with Crippen LogP contribution in [-0.4, -0.2) is 12.5 Å². The monoisotopic (exact) mass is 292 g/mol. The van der Waals surface area contributed by atoms with E-state index >= 15 is 0 Å². The lowest BCUT2D eigenvalue weighted by Crippen LogP contribution is -2.15. The van der Waals surface area contributed by atoms with Crippen molar-refractivity contribution in [3.05, 3.63) is 29.3 Å². The van der Waals surface area contributed by atoms with E-state index in [-0.39, 0.29) is 12.5 Å². The molecule has 0 aliphatic heterocycles. The Morgan fingerprint density at radius 3 is 2.10 bits per heavy atom. The summed E-state index contributed by atoms with van der Waals surface area (Å²) < 4.78 is 52.4. The molecule has 3 nitrogen and oxygen atoms in total. The second kappa shape index (κ2) is 7.84. The van der Waals surface area contributed by atoms with Crippen LogP contribution >= 0.6 is 0 Å². The third-order valence-electron chi connectivity index (χ3n) is 2.73. The second-order valence-corrected chi connectivity index (χ2v) is 4.34. The molecule has 0 saturated heterocycles. The van der Waals surface area contributed by atoms with Crippen LogP contribution in [0.25, 0.3) is 0 Å². The Morgan fingerprint density at radius 2 is 1.55 bits per heavy atom. The molecule has 3 N–H and O–H groups in total. The molecule has 1 aromatic carbocycles. The number of carbonyl (C=O) groups is 1. The van der Waals surface area contributed by atoms with E-state index in [1.54, 1.807) is 0 Å². The normalized spacial score (nSPS) is 10.7. The van der Waals surface area contributed by atoms with Gasteiger partial charge in [-0.25, -0.2) is 17.6 Å². The Labute approximate surface area is 114 Å². The maximum absolute atomic E-state index is 13.3. The third kappa shape index (κ3) is 4.48. The van der Waals surface area contributed by atoms with E-state index in [0.29, 0.717) is 13.0 Å². The first kappa shape index (κ1) is 16.4. The van der Waals surface area contributed by atoms with E-state index in [1.165, 1.54) is 0 Å². The fourth-order valence-corrected chi connectivity index (χ4v) is 1.67. The summed E-state index contributed by atoms with van der Waals surface area (Å²) in [5.41, 5.74) is 4.21. The van der Waals surface area contributed by atoms with Gasteiger partial charge in [0.05, 0.1) is 0 Å². The first-order valence-corrected chi connectivity index (χ1v) is 6.30. The Kier molecular flexibility index (Phi) is 6.44. The van der Waals surface area contributed by atoms with Crippen LogP contribution in [0.2, 0.25) is 0 Å². The maximum atomic E-state index is 13.3. The van der Waals surface area contributed by atoms with Crippen molar-refractivity contribution in [1.82, 2.24) is 0 Å². The number of rotatable bonds is 7. The van der Waals surface area contributed by atoms with E-state index in [2.05, 4.69) is 0 Å². The van der Waals surface area contributed by atoms with Gasteiger partial charge in [-0.15, -0.1) is 0 Å². The van der Waals surface area contributed by atoms with Gasteiger partial charge in [-0.3, -0.25) is 4.79 Å². The third-order valence-corrected chi connectivity index (χ3v) is 2.73. The van der Waals surface area contributed by atoms with Gasteiger partial charge in [-0.2, -0.15) is 0 Å². The zero-order chi connectivity index (χ0) is 15.1. The molecule has 0 bridgehead atoms. The minimum Gasteiger partial charge on any atom is -0.330 e. The average Bonchev–Trinajstić information content (AvgIpc) is 2.41. The standard InChI is InChI=1S/C13H16F4N2O/c14-8-7-9(15)12(17)13(11(8)16)19-10(20)5-3-1-2-4-6-18/h7H,1-6,18H2,(H,19,20). The summed E-state index contributed by atoms with van der Waals surface area (Å²) in [6, 6.07) is 0.0904. The Balaban J connectivity index is 2.58. The lowest BCUT2D eigenvalue weighted by molar-refractivity contribution is -0.116. The van der Waals surface area contributed by atoms with Crippen LogP contribution in [-0.2, 0) is 4.79 Å². The zero-order valence-electron chi connectivity index (χ0n) is 10.8. The largest absolute Gasteiger partial charge is 0.330 e. The molecule has 0 fully saturated rings. The van der Waals surface area contributed by atoms with Gasteiger partial charge in [-0.05, 0) is 19.4 Å². The van der Waals surface area contributed by atoms with Crippen molar-refractivity contribution in [2.24, 2.45) is 5.73 Å². The average molecular weight is 292 g/mol. The molecule has 0 spiro atoms. The van der Waals surface area contributed by atoms with Gasteiger partial charge in [-0.1, -0.05) is 12.8 Å². The van der Waals surface area contributed by atoms with Gasteiger partial charge in [0.15, 0.2) is 23.3 Å². The molecule has 1 rings (SSSR count). The van der Waals surface area contributed by atoms with Crippen LogP contribution in [0.15, 0.2) is 6.07 Å². The van der Waals surface area contributed by atoms with E-state index in [4.69, 9.17) is 5.73 Å². The number of halogens is 4. The lowest BCUT2D eigenvalue weighted by atomic mass is 10.1. The highest BCUT2D eigenvalue weighted by Gasteiger charge is 2.20. The van der Waals surface area contributed by atoms with Gasteiger partial charge in [0.25, 0.3) is 0 Å². The molecule has 0 atom stereocenters. The molecule has 0 heterocycles. The van der Waals surface area contributed by atoms with Crippen LogP contribution in [0.1, 0.15) is 32.1 Å². The summed E-state index contributed by atoms with van der Waals surface area (Å²) in [5.74, 6) is -7.02. The number of hydrogen-bond donors (Lipinski definition) is 2. The molecule has 7 heteroatoms. The van der Waals surface area contributed by atoms with Crippen LogP contribution in [0.4, 0.5) is 23.2 Å².